The Hall–Kier alpha value is -3.23. The summed E-state index contributed by atoms with van der Waals surface area (Å²) in [6, 6.07) is 11.4. The maximum Gasteiger partial charge on any atom is 0.250 e. The van der Waals surface area contributed by atoms with Crippen molar-refractivity contribution in [1.82, 2.24) is 15.2 Å². The van der Waals surface area contributed by atoms with E-state index >= 15 is 0 Å². The number of benzene rings is 2. The van der Waals surface area contributed by atoms with Gasteiger partial charge in [0.15, 0.2) is 0 Å². The van der Waals surface area contributed by atoms with Crippen LogP contribution in [0.1, 0.15) is 38.8 Å². The standard InChI is InChI=1S/C20H17Cl2N5O3/c1-11-24-20(26-25-11)17(28)9-18(29)27(10-12-3-2-4-13(21)7-12)14-5-6-15(19(23)30)16(22)8-14/h2-8H,9-10H2,1H3,(H2,23,30)(H,24,25,26). The van der Waals surface area contributed by atoms with Crippen LogP contribution >= 0.6 is 23.2 Å². The van der Waals surface area contributed by atoms with E-state index < -0.39 is 24.0 Å². The summed E-state index contributed by atoms with van der Waals surface area (Å²) in [6.45, 7) is 1.78. The molecule has 1 aromatic heterocycles. The van der Waals surface area contributed by atoms with Crippen molar-refractivity contribution in [2.45, 2.75) is 19.9 Å². The van der Waals surface area contributed by atoms with Gasteiger partial charge in [0.25, 0.3) is 0 Å². The first kappa shape index (κ1) is 21.5. The number of H-pyrrole nitrogens is 1. The third-order valence-corrected chi connectivity index (χ3v) is 4.77. The van der Waals surface area contributed by atoms with Crippen molar-refractivity contribution >= 4 is 46.5 Å². The number of hydrogen-bond acceptors (Lipinski definition) is 5. The first-order chi connectivity index (χ1) is 14.2. The predicted octanol–water partition coefficient (Wildman–Crippen LogP) is 3.33. The number of carbonyl (C=O) groups excluding carboxylic acids is 3. The molecule has 0 atom stereocenters. The lowest BCUT2D eigenvalue weighted by atomic mass is 10.1. The monoisotopic (exact) mass is 445 g/mol. The van der Waals surface area contributed by atoms with Crippen molar-refractivity contribution in [3.8, 4) is 0 Å². The van der Waals surface area contributed by atoms with Gasteiger partial charge in [0.05, 0.1) is 23.6 Å². The van der Waals surface area contributed by atoms with E-state index in [2.05, 4.69) is 15.2 Å². The van der Waals surface area contributed by atoms with Crippen molar-refractivity contribution in [2.75, 3.05) is 4.90 Å². The SMILES string of the molecule is Cc1nc(C(=O)CC(=O)N(Cc2cccc(Cl)c2)c2ccc(C(N)=O)c(Cl)c2)n[nH]1. The van der Waals surface area contributed by atoms with Crippen LogP contribution in [0.2, 0.25) is 10.0 Å². The average Bonchev–Trinajstić information content (AvgIpc) is 3.12. The van der Waals surface area contributed by atoms with Crippen LogP contribution in [-0.4, -0.2) is 32.8 Å². The molecule has 0 saturated heterocycles. The lowest BCUT2D eigenvalue weighted by molar-refractivity contribution is -0.117. The first-order valence-electron chi connectivity index (χ1n) is 8.81. The summed E-state index contributed by atoms with van der Waals surface area (Å²) in [7, 11) is 0. The van der Waals surface area contributed by atoms with Gasteiger partial charge in [-0.15, -0.1) is 0 Å². The van der Waals surface area contributed by atoms with Crippen molar-refractivity contribution < 1.29 is 14.4 Å². The van der Waals surface area contributed by atoms with Gasteiger partial charge in [-0.1, -0.05) is 35.3 Å². The zero-order valence-corrected chi connectivity index (χ0v) is 17.4. The zero-order valence-electron chi connectivity index (χ0n) is 15.9. The predicted molar refractivity (Wildman–Crippen MR) is 113 cm³/mol. The Labute approximate surface area is 182 Å². The second kappa shape index (κ2) is 9.06. The second-order valence-electron chi connectivity index (χ2n) is 6.48. The molecule has 154 valence electrons. The molecular weight excluding hydrogens is 429 g/mol. The van der Waals surface area contributed by atoms with Crippen molar-refractivity contribution in [3.63, 3.8) is 0 Å². The van der Waals surface area contributed by atoms with Crippen LogP contribution in [0, 0.1) is 6.92 Å². The van der Waals surface area contributed by atoms with Crippen LogP contribution in [0.4, 0.5) is 5.69 Å². The second-order valence-corrected chi connectivity index (χ2v) is 7.33. The van der Waals surface area contributed by atoms with Gasteiger partial charge < -0.3 is 10.6 Å². The van der Waals surface area contributed by atoms with E-state index in [1.165, 1.54) is 23.1 Å². The summed E-state index contributed by atoms with van der Waals surface area (Å²) in [5.74, 6) is -1.30. The number of ketones is 1. The fourth-order valence-corrected chi connectivity index (χ4v) is 3.27. The van der Waals surface area contributed by atoms with Gasteiger partial charge in [-0.3, -0.25) is 19.5 Å². The summed E-state index contributed by atoms with van der Waals surface area (Å²) >= 11 is 12.2. The number of anilines is 1. The largest absolute Gasteiger partial charge is 0.366 e. The van der Waals surface area contributed by atoms with Crippen molar-refractivity contribution in [2.24, 2.45) is 5.73 Å². The van der Waals surface area contributed by atoms with E-state index in [1.54, 1.807) is 31.2 Å². The minimum atomic E-state index is -0.686. The number of halogens is 2. The number of primary amides is 1. The maximum atomic E-state index is 13.0. The van der Waals surface area contributed by atoms with E-state index in [0.29, 0.717) is 16.5 Å². The molecule has 1 heterocycles. The number of nitrogens with zero attached hydrogens (tertiary/aromatic N) is 3. The zero-order chi connectivity index (χ0) is 21.8. The van der Waals surface area contributed by atoms with Gasteiger partial charge in [-0.25, -0.2) is 4.98 Å². The Morgan fingerprint density at radius 2 is 1.90 bits per heavy atom. The molecule has 3 rings (SSSR count). The lowest BCUT2D eigenvalue weighted by Gasteiger charge is -2.23. The minimum absolute atomic E-state index is 0.0642. The molecule has 0 aliphatic rings. The van der Waals surface area contributed by atoms with E-state index in [0.717, 1.165) is 5.56 Å². The van der Waals surface area contributed by atoms with Gasteiger partial charge in [-0.05, 0) is 42.8 Å². The van der Waals surface area contributed by atoms with Crippen LogP contribution in [-0.2, 0) is 11.3 Å². The fourth-order valence-electron chi connectivity index (χ4n) is 2.79. The molecular formula is C20H17Cl2N5O3. The molecule has 0 spiro atoms. The van der Waals surface area contributed by atoms with E-state index in [4.69, 9.17) is 28.9 Å². The maximum absolute atomic E-state index is 13.0. The van der Waals surface area contributed by atoms with Crippen LogP contribution < -0.4 is 10.6 Å². The number of hydrogen-bond donors (Lipinski definition) is 2. The number of Topliss-reactive ketones (excluding diaryl/α,β-unsaturated/α-hetero) is 1. The lowest BCUT2D eigenvalue weighted by Crippen LogP contribution is -2.32. The van der Waals surface area contributed by atoms with E-state index in [9.17, 15) is 14.4 Å². The van der Waals surface area contributed by atoms with Gasteiger partial charge in [0, 0.05) is 10.7 Å². The quantitative estimate of drug-likeness (QED) is 0.426. The van der Waals surface area contributed by atoms with E-state index in [1.807, 2.05) is 0 Å². The summed E-state index contributed by atoms with van der Waals surface area (Å²) in [5.41, 5.74) is 6.56. The molecule has 0 fully saturated rings. The van der Waals surface area contributed by atoms with Gasteiger partial charge in [-0.2, -0.15) is 5.10 Å². The highest BCUT2D eigenvalue weighted by atomic mass is 35.5. The Morgan fingerprint density at radius 1 is 1.13 bits per heavy atom. The molecule has 2 amide bonds. The van der Waals surface area contributed by atoms with Crippen LogP contribution in [0.5, 0.6) is 0 Å². The topological polar surface area (TPSA) is 122 Å². The first-order valence-corrected chi connectivity index (χ1v) is 9.56. The van der Waals surface area contributed by atoms with Crippen LogP contribution in [0.3, 0.4) is 0 Å². The van der Waals surface area contributed by atoms with Gasteiger partial charge >= 0.3 is 0 Å². The number of aromatic amines is 1. The summed E-state index contributed by atoms with van der Waals surface area (Å²) in [5, 5.41) is 6.97. The molecule has 0 bridgehead atoms. The number of rotatable bonds is 7. The number of aryl methyl sites for hydroxylation is 1. The molecule has 2 aromatic carbocycles. The van der Waals surface area contributed by atoms with Crippen molar-refractivity contribution in [1.29, 1.82) is 0 Å². The number of aromatic nitrogens is 3. The molecule has 10 heteroatoms. The summed E-state index contributed by atoms with van der Waals surface area (Å²) in [6.07, 6.45) is -0.451. The number of nitrogens with two attached hydrogens (primary N) is 1. The molecule has 0 radical (unpaired) electrons. The highest BCUT2D eigenvalue weighted by Crippen LogP contribution is 2.26. The van der Waals surface area contributed by atoms with E-state index in [-0.39, 0.29) is 23.0 Å². The molecule has 3 aromatic rings. The van der Waals surface area contributed by atoms with Crippen LogP contribution in [0.15, 0.2) is 42.5 Å². The highest BCUT2D eigenvalue weighted by Gasteiger charge is 2.23. The Bertz CT molecular complexity index is 1130. The Balaban J connectivity index is 1.92. The third-order valence-electron chi connectivity index (χ3n) is 4.22. The van der Waals surface area contributed by atoms with Gasteiger partial charge in [0.2, 0.25) is 23.4 Å². The highest BCUT2D eigenvalue weighted by molar-refractivity contribution is 6.34. The third kappa shape index (κ3) is 5.03. The fraction of sp³-hybridized carbons (Fsp3) is 0.150. The molecule has 8 nitrogen and oxygen atoms in total. The minimum Gasteiger partial charge on any atom is -0.366 e. The number of amides is 2. The average molecular weight is 446 g/mol. The molecule has 0 aliphatic heterocycles. The Kier molecular flexibility index (Phi) is 6.49. The van der Waals surface area contributed by atoms with Crippen LogP contribution in [0.25, 0.3) is 0 Å². The number of carbonyl (C=O) groups is 3. The molecule has 0 saturated carbocycles. The summed E-state index contributed by atoms with van der Waals surface area (Å²) < 4.78 is 0. The molecule has 30 heavy (non-hydrogen) atoms. The molecule has 3 N–H and O–H groups in total. The number of nitrogens with one attached hydrogen (secondary N) is 1. The Morgan fingerprint density at radius 3 is 2.50 bits per heavy atom. The van der Waals surface area contributed by atoms with Gasteiger partial charge in [0.1, 0.15) is 5.82 Å². The normalized spacial score (nSPS) is 10.6. The molecule has 0 unspecified atom stereocenters. The summed E-state index contributed by atoms with van der Waals surface area (Å²) in [4.78, 5) is 42.2. The smallest absolute Gasteiger partial charge is 0.250 e. The van der Waals surface area contributed by atoms with Crippen molar-refractivity contribution in [3.05, 3.63) is 75.3 Å². The molecule has 0 aliphatic carbocycles.